The number of carbonyl (C=O) groups is 3. The monoisotopic (exact) mass is 1010 g/mol. The summed E-state index contributed by atoms with van der Waals surface area (Å²) in [5, 5.41) is 0. The molecule has 0 aromatic carbocycles. The average Bonchev–Trinajstić information content (AvgIpc) is 3.39. The van der Waals surface area contributed by atoms with Crippen molar-refractivity contribution in [2.75, 3.05) is 13.2 Å². The van der Waals surface area contributed by atoms with Crippen LogP contribution in [0.25, 0.3) is 0 Å². The molecule has 6 nitrogen and oxygen atoms in total. The van der Waals surface area contributed by atoms with Gasteiger partial charge in [0, 0.05) is 19.3 Å². The smallest absolute Gasteiger partial charge is 0.306 e. The van der Waals surface area contributed by atoms with Crippen molar-refractivity contribution in [2.45, 2.75) is 297 Å². The number of allylic oxidation sites excluding steroid dienone is 16. The molecule has 0 amide bonds. The van der Waals surface area contributed by atoms with Crippen molar-refractivity contribution in [1.29, 1.82) is 0 Å². The zero-order valence-electron chi connectivity index (χ0n) is 47.9. The van der Waals surface area contributed by atoms with E-state index < -0.39 is 6.10 Å². The van der Waals surface area contributed by atoms with Crippen LogP contribution in [-0.2, 0) is 28.6 Å². The minimum atomic E-state index is -0.784. The van der Waals surface area contributed by atoms with Gasteiger partial charge in [0.25, 0.3) is 0 Å². The van der Waals surface area contributed by atoms with E-state index in [1.807, 2.05) is 0 Å². The molecule has 73 heavy (non-hydrogen) atoms. The van der Waals surface area contributed by atoms with Gasteiger partial charge < -0.3 is 14.2 Å². The van der Waals surface area contributed by atoms with Crippen LogP contribution in [0.3, 0.4) is 0 Å². The number of unbranched alkanes of at least 4 members (excludes halogenated alkanes) is 28. The molecule has 0 aromatic heterocycles. The molecule has 0 fully saturated rings. The molecule has 0 aromatic rings. The zero-order chi connectivity index (χ0) is 52.9. The van der Waals surface area contributed by atoms with E-state index in [1.165, 1.54) is 128 Å². The lowest BCUT2D eigenvalue weighted by Gasteiger charge is -2.18. The fourth-order valence-electron chi connectivity index (χ4n) is 8.48. The van der Waals surface area contributed by atoms with E-state index >= 15 is 0 Å². The summed E-state index contributed by atoms with van der Waals surface area (Å²) in [4.78, 5) is 38.1. The zero-order valence-corrected chi connectivity index (χ0v) is 47.9. The first-order valence-electron chi connectivity index (χ1n) is 30.7. The average molecular weight is 1020 g/mol. The van der Waals surface area contributed by atoms with Gasteiger partial charge in [0.1, 0.15) is 13.2 Å². The Labute approximate surface area is 451 Å². The molecule has 0 radical (unpaired) electrons. The molecule has 6 heteroatoms. The summed E-state index contributed by atoms with van der Waals surface area (Å²) >= 11 is 0. The van der Waals surface area contributed by atoms with Crippen LogP contribution in [0.1, 0.15) is 290 Å². The van der Waals surface area contributed by atoms with Crippen molar-refractivity contribution >= 4 is 17.9 Å². The van der Waals surface area contributed by atoms with Gasteiger partial charge in [0.15, 0.2) is 6.10 Å². The molecule has 0 heterocycles. The first-order valence-corrected chi connectivity index (χ1v) is 30.7. The van der Waals surface area contributed by atoms with Crippen molar-refractivity contribution in [3.8, 4) is 0 Å². The van der Waals surface area contributed by atoms with Crippen LogP contribution in [0.15, 0.2) is 97.2 Å². The second-order valence-electron chi connectivity index (χ2n) is 20.2. The van der Waals surface area contributed by atoms with E-state index in [4.69, 9.17) is 14.2 Å². The fourth-order valence-corrected chi connectivity index (χ4v) is 8.48. The van der Waals surface area contributed by atoms with E-state index in [-0.39, 0.29) is 31.1 Å². The highest BCUT2D eigenvalue weighted by molar-refractivity contribution is 5.71. The molecule has 0 bridgehead atoms. The predicted octanol–water partition coefficient (Wildman–Crippen LogP) is 20.9. The summed E-state index contributed by atoms with van der Waals surface area (Å²) in [6.45, 7) is 6.47. The van der Waals surface area contributed by atoms with Crippen molar-refractivity contribution in [3.63, 3.8) is 0 Å². The van der Waals surface area contributed by atoms with Crippen LogP contribution in [0, 0.1) is 0 Å². The number of ether oxygens (including phenoxy) is 3. The van der Waals surface area contributed by atoms with Gasteiger partial charge in [0.05, 0.1) is 0 Å². The molecular formula is C67H114O6. The number of carbonyl (C=O) groups excluding carboxylic acids is 3. The summed E-state index contributed by atoms with van der Waals surface area (Å²) in [6, 6.07) is 0. The minimum Gasteiger partial charge on any atom is -0.462 e. The molecule has 1 unspecified atom stereocenters. The normalized spacial score (nSPS) is 12.8. The third kappa shape index (κ3) is 59.1. The highest BCUT2D eigenvalue weighted by Crippen LogP contribution is 2.16. The quantitative estimate of drug-likeness (QED) is 0.0261. The topological polar surface area (TPSA) is 78.9 Å². The van der Waals surface area contributed by atoms with Crippen LogP contribution in [-0.4, -0.2) is 37.2 Å². The Hall–Kier alpha value is -3.67. The Morgan fingerprint density at radius 2 is 0.562 bits per heavy atom. The van der Waals surface area contributed by atoms with E-state index in [1.54, 1.807) is 0 Å². The fraction of sp³-hybridized carbons (Fsp3) is 0.716. The summed E-state index contributed by atoms with van der Waals surface area (Å²) in [5.74, 6) is -0.897. The van der Waals surface area contributed by atoms with Crippen LogP contribution in [0.2, 0.25) is 0 Å². The van der Waals surface area contributed by atoms with Crippen LogP contribution < -0.4 is 0 Å². The number of rotatable bonds is 55. The lowest BCUT2D eigenvalue weighted by Crippen LogP contribution is -2.30. The summed E-state index contributed by atoms with van der Waals surface area (Å²) < 4.78 is 16.9. The first kappa shape index (κ1) is 69.3. The molecule has 418 valence electrons. The maximum Gasteiger partial charge on any atom is 0.306 e. The Kier molecular flexibility index (Phi) is 57.8. The van der Waals surface area contributed by atoms with E-state index in [9.17, 15) is 14.4 Å². The van der Waals surface area contributed by atoms with Crippen molar-refractivity contribution < 1.29 is 28.6 Å². The Balaban J connectivity index is 4.26. The Bertz CT molecular complexity index is 1440. The summed E-state index contributed by atoms with van der Waals surface area (Å²) in [6.07, 6.45) is 81.3. The van der Waals surface area contributed by atoms with Crippen molar-refractivity contribution in [2.24, 2.45) is 0 Å². The van der Waals surface area contributed by atoms with Gasteiger partial charge in [-0.05, 0) is 96.3 Å². The lowest BCUT2D eigenvalue weighted by atomic mass is 10.0. The lowest BCUT2D eigenvalue weighted by molar-refractivity contribution is -0.167. The molecule has 1 atom stereocenters. The SMILES string of the molecule is CC/C=C\C/C=C\C/C=C\C/C=C\C/C=C\C/C=C\C/C=C\CCCCCCCCCC(=O)OCC(COC(=O)CCCCCCC/C=C\CCC)OC(=O)CCCCCCCCCCCCCCCCCC. The van der Waals surface area contributed by atoms with Gasteiger partial charge in [-0.1, -0.05) is 272 Å². The number of hydrogen-bond acceptors (Lipinski definition) is 6. The molecule has 0 N–H and O–H groups in total. The Morgan fingerprint density at radius 3 is 0.904 bits per heavy atom. The van der Waals surface area contributed by atoms with Gasteiger partial charge in [-0.25, -0.2) is 0 Å². The van der Waals surface area contributed by atoms with Gasteiger partial charge in [-0.3, -0.25) is 14.4 Å². The standard InChI is InChI=1S/C67H114O6/c1-4-7-10-13-16-19-22-24-26-28-29-30-31-32-33-34-35-36-37-38-39-40-42-43-45-48-51-54-57-60-66(69)72-63-64(62-71-65(68)59-56-53-50-47-21-18-15-12-9-6-3)73-67(70)61-58-55-52-49-46-44-41-27-25-23-20-17-14-11-8-5-2/h7,10,12,15-16,19,24,26,29-30,32-33,35-36,38-39,64H,4-6,8-9,11,13-14,17-18,20-23,25,27-28,31,34,37,40-63H2,1-3H3/b10-7-,15-12-,19-16-,26-24-,30-29-,33-32-,36-35-,39-38-. The molecule has 0 spiro atoms. The highest BCUT2D eigenvalue weighted by atomic mass is 16.6. The summed E-state index contributed by atoms with van der Waals surface area (Å²) in [7, 11) is 0. The van der Waals surface area contributed by atoms with Gasteiger partial charge in [-0.15, -0.1) is 0 Å². The molecular weight excluding hydrogens is 901 g/mol. The third-order valence-corrected chi connectivity index (χ3v) is 13.1. The number of esters is 3. The van der Waals surface area contributed by atoms with Crippen LogP contribution in [0.4, 0.5) is 0 Å². The Morgan fingerprint density at radius 1 is 0.288 bits per heavy atom. The maximum atomic E-state index is 12.9. The predicted molar refractivity (Wildman–Crippen MR) is 316 cm³/mol. The molecule has 0 saturated carbocycles. The molecule has 0 aliphatic heterocycles. The van der Waals surface area contributed by atoms with E-state index in [0.717, 1.165) is 122 Å². The van der Waals surface area contributed by atoms with Gasteiger partial charge >= 0.3 is 17.9 Å². The first-order chi connectivity index (χ1) is 36.0. The van der Waals surface area contributed by atoms with Crippen LogP contribution in [0.5, 0.6) is 0 Å². The van der Waals surface area contributed by atoms with Gasteiger partial charge in [0.2, 0.25) is 0 Å². The molecule has 0 aliphatic rings. The molecule has 0 rings (SSSR count). The minimum absolute atomic E-state index is 0.0832. The molecule has 0 saturated heterocycles. The second kappa shape index (κ2) is 60.9. The largest absolute Gasteiger partial charge is 0.462 e. The molecule has 0 aliphatic carbocycles. The number of hydrogen-bond donors (Lipinski definition) is 0. The van der Waals surface area contributed by atoms with Crippen LogP contribution >= 0.6 is 0 Å². The van der Waals surface area contributed by atoms with Crippen molar-refractivity contribution in [1.82, 2.24) is 0 Å². The maximum absolute atomic E-state index is 12.9. The van der Waals surface area contributed by atoms with Gasteiger partial charge in [-0.2, -0.15) is 0 Å². The third-order valence-electron chi connectivity index (χ3n) is 13.1. The van der Waals surface area contributed by atoms with Crippen molar-refractivity contribution in [3.05, 3.63) is 97.2 Å². The van der Waals surface area contributed by atoms with E-state index in [2.05, 4.69) is 118 Å². The highest BCUT2D eigenvalue weighted by Gasteiger charge is 2.19. The summed E-state index contributed by atoms with van der Waals surface area (Å²) in [5.41, 5.74) is 0. The van der Waals surface area contributed by atoms with E-state index in [0.29, 0.717) is 19.3 Å². The second-order valence-corrected chi connectivity index (χ2v) is 20.2.